The van der Waals surface area contributed by atoms with Crippen molar-refractivity contribution in [1.82, 2.24) is 20.5 Å². The molecule has 0 aliphatic carbocycles. The maximum absolute atomic E-state index is 4.45. The summed E-state index contributed by atoms with van der Waals surface area (Å²) in [5.41, 5.74) is 0. The molecule has 0 spiro atoms. The third-order valence-electron chi connectivity index (χ3n) is 2.57. The van der Waals surface area contributed by atoms with Gasteiger partial charge in [-0.1, -0.05) is 0 Å². The maximum atomic E-state index is 4.45. The molecule has 0 bridgehead atoms. The molecule has 2 N–H and O–H groups in total. The van der Waals surface area contributed by atoms with Gasteiger partial charge in [-0.25, -0.2) is 0 Å². The zero-order valence-corrected chi connectivity index (χ0v) is 8.75. The molecule has 1 aliphatic heterocycles. The molecule has 5 nitrogen and oxygen atoms in total. The molecule has 1 aliphatic rings. The predicted molar refractivity (Wildman–Crippen MR) is 55.6 cm³/mol. The Balaban J connectivity index is 2.07. The summed E-state index contributed by atoms with van der Waals surface area (Å²) in [5, 5.41) is 10.5. The predicted octanol–water partition coefficient (Wildman–Crippen LogP) is 0.338. The Morgan fingerprint density at radius 1 is 1.43 bits per heavy atom. The summed E-state index contributed by atoms with van der Waals surface area (Å²) in [4.78, 5) is 6.37. The van der Waals surface area contributed by atoms with E-state index in [1.165, 1.54) is 12.8 Å². The Bertz CT molecular complexity index is 287. The Morgan fingerprint density at radius 3 is 2.86 bits per heavy atom. The van der Waals surface area contributed by atoms with Crippen LogP contribution in [0.3, 0.4) is 0 Å². The highest BCUT2D eigenvalue weighted by atomic mass is 15.3. The molecule has 0 aromatic carbocycles. The molecule has 1 fully saturated rings. The van der Waals surface area contributed by atoms with E-state index in [9.17, 15) is 0 Å². The van der Waals surface area contributed by atoms with Gasteiger partial charge < -0.3 is 10.2 Å². The SMILES string of the molecule is CN(C)c1n[nH]c([C@H]2CCCNC2)n1. The van der Waals surface area contributed by atoms with E-state index in [2.05, 4.69) is 20.5 Å². The fraction of sp³-hybridized carbons (Fsp3) is 0.778. The molecule has 1 aromatic rings. The molecule has 1 saturated heterocycles. The Labute approximate surface area is 83.9 Å². The number of H-pyrrole nitrogens is 1. The van der Waals surface area contributed by atoms with Crippen molar-refractivity contribution in [3.8, 4) is 0 Å². The van der Waals surface area contributed by atoms with Crippen molar-refractivity contribution in [3.05, 3.63) is 5.82 Å². The van der Waals surface area contributed by atoms with Gasteiger partial charge in [0.25, 0.3) is 0 Å². The van der Waals surface area contributed by atoms with Crippen LogP contribution in [0.5, 0.6) is 0 Å². The average molecular weight is 195 g/mol. The number of nitrogens with zero attached hydrogens (tertiary/aromatic N) is 3. The van der Waals surface area contributed by atoms with Crippen molar-refractivity contribution in [3.63, 3.8) is 0 Å². The van der Waals surface area contributed by atoms with E-state index in [4.69, 9.17) is 0 Å². The van der Waals surface area contributed by atoms with Gasteiger partial charge in [-0.2, -0.15) is 4.98 Å². The van der Waals surface area contributed by atoms with Gasteiger partial charge in [-0.05, 0) is 19.4 Å². The minimum Gasteiger partial charge on any atom is -0.346 e. The highest BCUT2D eigenvalue weighted by Crippen LogP contribution is 2.20. The number of piperidine rings is 1. The zero-order valence-electron chi connectivity index (χ0n) is 8.75. The van der Waals surface area contributed by atoms with Crippen LogP contribution in [0.1, 0.15) is 24.6 Å². The lowest BCUT2D eigenvalue weighted by atomic mass is 9.99. The minimum absolute atomic E-state index is 0.505. The van der Waals surface area contributed by atoms with E-state index in [1.807, 2.05) is 19.0 Å². The van der Waals surface area contributed by atoms with Crippen LogP contribution >= 0.6 is 0 Å². The highest BCUT2D eigenvalue weighted by Gasteiger charge is 2.18. The number of rotatable bonds is 2. The van der Waals surface area contributed by atoms with Crippen LogP contribution in [0.4, 0.5) is 5.95 Å². The standard InChI is InChI=1S/C9H17N5/c1-14(2)9-11-8(12-13-9)7-4-3-5-10-6-7/h7,10H,3-6H2,1-2H3,(H,11,12,13)/t7-/m0/s1. The van der Waals surface area contributed by atoms with Crippen LogP contribution in [-0.4, -0.2) is 42.4 Å². The fourth-order valence-corrected chi connectivity index (χ4v) is 1.73. The number of hydrogen-bond acceptors (Lipinski definition) is 4. The van der Waals surface area contributed by atoms with Crippen molar-refractivity contribution < 1.29 is 0 Å². The second-order valence-corrected chi connectivity index (χ2v) is 3.96. The molecule has 14 heavy (non-hydrogen) atoms. The first-order valence-electron chi connectivity index (χ1n) is 5.07. The van der Waals surface area contributed by atoms with E-state index in [0.29, 0.717) is 5.92 Å². The smallest absolute Gasteiger partial charge is 0.244 e. The second kappa shape index (κ2) is 3.96. The second-order valence-electron chi connectivity index (χ2n) is 3.96. The number of aromatic nitrogens is 3. The van der Waals surface area contributed by atoms with Gasteiger partial charge in [0, 0.05) is 26.6 Å². The van der Waals surface area contributed by atoms with Crippen LogP contribution in [0.25, 0.3) is 0 Å². The largest absolute Gasteiger partial charge is 0.346 e. The summed E-state index contributed by atoms with van der Waals surface area (Å²) < 4.78 is 0. The van der Waals surface area contributed by atoms with Gasteiger partial charge >= 0.3 is 0 Å². The molecule has 0 radical (unpaired) electrons. The van der Waals surface area contributed by atoms with Crippen LogP contribution in [0.15, 0.2) is 0 Å². The van der Waals surface area contributed by atoms with Gasteiger partial charge in [-0.15, -0.1) is 5.10 Å². The first kappa shape index (κ1) is 9.45. The lowest BCUT2D eigenvalue weighted by molar-refractivity contribution is 0.447. The lowest BCUT2D eigenvalue weighted by Gasteiger charge is -2.20. The monoisotopic (exact) mass is 195 g/mol. The third-order valence-corrected chi connectivity index (χ3v) is 2.57. The molecule has 1 atom stereocenters. The summed E-state index contributed by atoms with van der Waals surface area (Å²) in [6, 6.07) is 0. The average Bonchev–Trinajstić information content (AvgIpc) is 2.68. The topological polar surface area (TPSA) is 56.8 Å². The summed E-state index contributed by atoms with van der Waals surface area (Å²) in [5.74, 6) is 2.29. The number of aromatic amines is 1. The summed E-state index contributed by atoms with van der Waals surface area (Å²) in [6.45, 7) is 2.15. The lowest BCUT2D eigenvalue weighted by Crippen LogP contribution is -2.29. The van der Waals surface area contributed by atoms with Gasteiger partial charge in [0.1, 0.15) is 5.82 Å². The Kier molecular flexibility index (Phi) is 2.67. The van der Waals surface area contributed by atoms with Crippen LogP contribution < -0.4 is 10.2 Å². The highest BCUT2D eigenvalue weighted by molar-refractivity contribution is 5.25. The molecule has 1 aromatic heterocycles. The van der Waals surface area contributed by atoms with Crippen LogP contribution in [0.2, 0.25) is 0 Å². The molecule has 78 valence electrons. The molecule has 2 rings (SSSR count). The van der Waals surface area contributed by atoms with Crippen molar-refractivity contribution in [2.24, 2.45) is 0 Å². The van der Waals surface area contributed by atoms with Gasteiger partial charge in [-0.3, -0.25) is 5.10 Å². The van der Waals surface area contributed by atoms with Gasteiger partial charge in [0.05, 0.1) is 0 Å². The quantitative estimate of drug-likeness (QED) is 0.714. The molecule has 2 heterocycles. The van der Waals surface area contributed by atoms with E-state index in [0.717, 1.165) is 24.9 Å². The van der Waals surface area contributed by atoms with Crippen molar-refractivity contribution in [1.29, 1.82) is 0 Å². The first-order valence-corrected chi connectivity index (χ1v) is 5.07. The van der Waals surface area contributed by atoms with E-state index in [-0.39, 0.29) is 0 Å². The van der Waals surface area contributed by atoms with Crippen LogP contribution in [-0.2, 0) is 0 Å². The summed E-state index contributed by atoms with van der Waals surface area (Å²) in [6.07, 6.45) is 2.43. The molecule has 0 amide bonds. The molecule has 0 saturated carbocycles. The van der Waals surface area contributed by atoms with E-state index >= 15 is 0 Å². The molecular formula is C9H17N5. The van der Waals surface area contributed by atoms with Gasteiger partial charge in [0.2, 0.25) is 5.95 Å². The maximum Gasteiger partial charge on any atom is 0.244 e. The molecular weight excluding hydrogens is 178 g/mol. The van der Waals surface area contributed by atoms with Crippen LogP contribution in [0, 0.1) is 0 Å². The third kappa shape index (κ3) is 1.87. The summed E-state index contributed by atoms with van der Waals surface area (Å²) >= 11 is 0. The molecule has 0 unspecified atom stereocenters. The Morgan fingerprint density at radius 2 is 2.29 bits per heavy atom. The summed E-state index contributed by atoms with van der Waals surface area (Å²) in [7, 11) is 3.90. The minimum atomic E-state index is 0.505. The Hall–Kier alpha value is -1.10. The first-order chi connectivity index (χ1) is 6.77. The van der Waals surface area contributed by atoms with E-state index < -0.39 is 0 Å². The zero-order chi connectivity index (χ0) is 9.97. The molecule has 5 heteroatoms. The van der Waals surface area contributed by atoms with E-state index in [1.54, 1.807) is 0 Å². The van der Waals surface area contributed by atoms with Crippen molar-refractivity contribution in [2.75, 3.05) is 32.1 Å². The number of anilines is 1. The van der Waals surface area contributed by atoms with Crippen molar-refractivity contribution >= 4 is 5.95 Å². The number of nitrogens with one attached hydrogen (secondary N) is 2. The number of hydrogen-bond donors (Lipinski definition) is 2. The fourth-order valence-electron chi connectivity index (χ4n) is 1.73. The van der Waals surface area contributed by atoms with Crippen molar-refractivity contribution in [2.45, 2.75) is 18.8 Å². The normalized spacial score (nSPS) is 22.3. The van der Waals surface area contributed by atoms with Gasteiger partial charge in [0.15, 0.2) is 0 Å².